The third kappa shape index (κ3) is 4.74. The summed E-state index contributed by atoms with van der Waals surface area (Å²) in [6.45, 7) is 8.37. The minimum absolute atomic E-state index is 0.0141. The van der Waals surface area contributed by atoms with Gasteiger partial charge >= 0.3 is 5.97 Å². The van der Waals surface area contributed by atoms with Gasteiger partial charge in [-0.15, -0.1) is 0 Å². The van der Waals surface area contributed by atoms with Crippen molar-refractivity contribution < 1.29 is 9.53 Å². The van der Waals surface area contributed by atoms with Crippen LogP contribution in [0.5, 0.6) is 0 Å². The summed E-state index contributed by atoms with van der Waals surface area (Å²) in [6.07, 6.45) is 0. The first-order valence-corrected chi connectivity index (χ1v) is 5.73. The quantitative estimate of drug-likeness (QED) is 0.576. The summed E-state index contributed by atoms with van der Waals surface area (Å²) in [5.74, 6) is 5.94. The van der Waals surface area contributed by atoms with Gasteiger partial charge in [0.15, 0.2) is 0 Å². The number of carbonyl (C=O) groups is 1. The molecule has 0 aromatic heterocycles. The fraction of sp³-hybridized carbons (Fsp3) is 0.400. The normalized spacial score (nSPS) is 10.4. The number of esters is 1. The molecular formula is C15H18O2. The molecule has 0 aliphatic carbocycles. The first-order chi connectivity index (χ1) is 7.92. The van der Waals surface area contributed by atoms with E-state index in [-0.39, 0.29) is 11.4 Å². The van der Waals surface area contributed by atoms with Crippen LogP contribution in [0, 0.1) is 17.3 Å². The summed E-state index contributed by atoms with van der Waals surface area (Å²) in [7, 11) is 0. The maximum atomic E-state index is 11.4. The van der Waals surface area contributed by atoms with Crippen molar-refractivity contribution in [3.05, 3.63) is 35.4 Å². The molecule has 90 valence electrons. The van der Waals surface area contributed by atoms with E-state index in [1.54, 1.807) is 19.1 Å². The SMILES string of the molecule is CCOC(=O)c1ccc(C#CC(C)(C)C)cc1. The van der Waals surface area contributed by atoms with Crippen molar-refractivity contribution in [2.75, 3.05) is 6.61 Å². The number of benzene rings is 1. The molecule has 0 bridgehead atoms. The maximum absolute atomic E-state index is 11.4. The van der Waals surface area contributed by atoms with Crippen LogP contribution < -0.4 is 0 Å². The van der Waals surface area contributed by atoms with Gasteiger partial charge in [-0.1, -0.05) is 11.8 Å². The van der Waals surface area contributed by atoms with E-state index in [1.165, 1.54) is 0 Å². The third-order valence-corrected chi connectivity index (χ3v) is 1.98. The highest BCUT2D eigenvalue weighted by atomic mass is 16.5. The molecular weight excluding hydrogens is 212 g/mol. The Morgan fingerprint density at radius 3 is 2.29 bits per heavy atom. The first kappa shape index (κ1) is 13.3. The number of ether oxygens (including phenoxy) is 1. The molecule has 0 atom stereocenters. The van der Waals surface area contributed by atoms with E-state index in [0.717, 1.165) is 5.56 Å². The molecule has 0 aliphatic rings. The molecule has 0 heterocycles. The summed E-state index contributed by atoms with van der Waals surface area (Å²) in [5, 5.41) is 0. The van der Waals surface area contributed by atoms with Crippen LogP contribution in [0.25, 0.3) is 0 Å². The molecule has 2 heteroatoms. The molecule has 0 amide bonds. The van der Waals surface area contributed by atoms with Crippen LogP contribution in [-0.4, -0.2) is 12.6 Å². The summed E-state index contributed by atoms with van der Waals surface area (Å²) in [4.78, 5) is 11.4. The lowest BCUT2D eigenvalue weighted by Crippen LogP contribution is -2.04. The highest BCUT2D eigenvalue weighted by Crippen LogP contribution is 2.11. The lowest BCUT2D eigenvalue weighted by molar-refractivity contribution is 0.0526. The van der Waals surface area contributed by atoms with Crippen molar-refractivity contribution in [1.29, 1.82) is 0 Å². The Hall–Kier alpha value is -1.75. The number of rotatable bonds is 2. The van der Waals surface area contributed by atoms with E-state index in [2.05, 4.69) is 32.6 Å². The van der Waals surface area contributed by atoms with Gasteiger partial charge in [-0.2, -0.15) is 0 Å². The first-order valence-electron chi connectivity index (χ1n) is 5.73. The molecule has 0 radical (unpaired) electrons. The minimum Gasteiger partial charge on any atom is -0.462 e. The lowest BCUT2D eigenvalue weighted by atomic mass is 9.97. The van der Waals surface area contributed by atoms with E-state index in [9.17, 15) is 4.79 Å². The van der Waals surface area contributed by atoms with E-state index < -0.39 is 0 Å². The van der Waals surface area contributed by atoms with Crippen molar-refractivity contribution >= 4 is 5.97 Å². The van der Waals surface area contributed by atoms with Gasteiger partial charge in [-0.3, -0.25) is 0 Å². The summed E-state index contributed by atoms with van der Waals surface area (Å²) < 4.78 is 4.91. The molecule has 0 saturated carbocycles. The Bertz CT molecular complexity index is 439. The molecule has 0 fully saturated rings. The van der Waals surface area contributed by atoms with Gasteiger partial charge in [0.05, 0.1) is 12.2 Å². The standard InChI is InChI=1S/C15H18O2/c1-5-17-14(16)13-8-6-12(7-9-13)10-11-15(2,3)4/h6-9H,5H2,1-4H3. The van der Waals surface area contributed by atoms with Crippen LogP contribution in [0.15, 0.2) is 24.3 Å². The predicted octanol–water partition coefficient (Wildman–Crippen LogP) is 3.26. The molecule has 17 heavy (non-hydrogen) atoms. The van der Waals surface area contributed by atoms with E-state index in [0.29, 0.717) is 12.2 Å². The zero-order valence-electron chi connectivity index (χ0n) is 10.8. The monoisotopic (exact) mass is 230 g/mol. The van der Waals surface area contributed by atoms with Crippen LogP contribution in [0.2, 0.25) is 0 Å². The Morgan fingerprint density at radius 2 is 1.82 bits per heavy atom. The average Bonchev–Trinajstić information content (AvgIpc) is 2.26. The maximum Gasteiger partial charge on any atom is 0.338 e. The van der Waals surface area contributed by atoms with Gasteiger partial charge in [0.2, 0.25) is 0 Å². The Labute approximate surface area is 103 Å². The number of hydrogen-bond acceptors (Lipinski definition) is 2. The van der Waals surface area contributed by atoms with Crippen LogP contribution in [0.3, 0.4) is 0 Å². The van der Waals surface area contributed by atoms with Crippen LogP contribution in [0.4, 0.5) is 0 Å². The van der Waals surface area contributed by atoms with Crippen molar-refractivity contribution in [2.24, 2.45) is 5.41 Å². The van der Waals surface area contributed by atoms with Crippen LogP contribution in [0.1, 0.15) is 43.6 Å². The predicted molar refractivity (Wildman–Crippen MR) is 68.7 cm³/mol. The smallest absolute Gasteiger partial charge is 0.338 e. The lowest BCUT2D eigenvalue weighted by Gasteiger charge is -2.06. The van der Waals surface area contributed by atoms with Gasteiger partial charge in [0.25, 0.3) is 0 Å². The fourth-order valence-corrected chi connectivity index (χ4v) is 1.16. The molecule has 2 nitrogen and oxygen atoms in total. The number of hydrogen-bond donors (Lipinski definition) is 0. The molecule has 0 spiro atoms. The Morgan fingerprint density at radius 1 is 1.24 bits per heavy atom. The molecule has 1 rings (SSSR count). The van der Waals surface area contributed by atoms with Crippen LogP contribution in [-0.2, 0) is 4.74 Å². The van der Waals surface area contributed by atoms with E-state index >= 15 is 0 Å². The second-order valence-electron chi connectivity index (χ2n) is 4.80. The average molecular weight is 230 g/mol. The van der Waals surface area contributed by atoms with Crippen molar-refractivity contribution in [1.82, 2.24) is 0 Å². The third-order valence-electron chi connectivity index (χ3n) is 1.98. The topological polar surface area (TPSA) is 26.3 Å². The highest BCUT2D eigenvalue weighted by Gasteiger charge is 2.05. The molecule has 0 unspecified atom stereocenters. The highest BCUT2D eigenvalue weighted by molar-refractivity contribution is 5.89. The van der Waals surface area contributed by atoms with E-state index in [4.69, 9.17) is 4.74 Å². The molecule has 1 aromatic rings. The summed E-state index contributed by atoms with van der Waals surface area (Å²) >= 11 is 0. The zero-order chi connectivity index (χ0) is 12.9. The molecule has 0 aliphatic heterocycles. The Balaban J connectivity index is 2.81. The second kappa shape index (κ2) is 5.54. The summed E-state index contributed by atoms with van der Waals surface area (Å²) in [5.41, 5.74) is 1.46. The van der Waals surface area contributed by atoms with Crippen molar-refractivity contribution in [2.45, 2.75) is 27.7 Å². The van der Waals surface area contributed by atoms with Crippen molar-refractivity contribution in [3.8, 4) is 11.8 Å². The zero-order valence-corrected chi connectivity index (χ0v) is 10.8. The van der Waals surface area contributed by atoms with Gasteiger partial charge in [-0.05, 0) is 52.0 Å². The second-order valence-corrected chi connectivity index (χ2v) is 4.80. The number of carbonyl (C=O) groups excluding carboxylic acids is 1. The minimum atomic E-state index is -0.289. The largest absolute Gasteiger partial charge is 0.462 e. The van der Waals surface area contributed by atoms with Crippen LogP contribution >= 0.6 is 0 Å². The molecule has 1 aromatic carbocycles. The molecule has 0 saturated heterocycles. The van der Waals surface area contributed by atoms with Gasteiger partial charge in [0.1, 0.15) is 0 Å². The fourth-order valence-electron chi connectivity index (χ4n) is 1.16. The Kier molecular flexibility index (Phi) is 4.34. The van der Waals surface area contributed by atoms with Gasteiger partial charge in [0, 0.05) is 11.0 Å². The molecule has 0 N–H and O–H groups in total. The van der Waals surface area contributed by atoms with Gasteiger partial charge in [-0.25, -0.2) is 4.79 Å². The summed E-state index contributed by atoms with van der Waals surface area (Å²) in [6, 6.07) is 7.16. The van der Waals surface area contributed by atoms with E-state index in [1.807, 2.05) is 12.1 Å². The van der Waals surface area contributed by atoms with Gasteiger partial charge < -0.3 is 4.74 Å². The van der Waals surface area contributed by atoms with Crippen molar-refractivity contribution in [3.63, 3.8) is 0 Å².